The van der Waals surface area contributed by atoms with Crippen LogP contribution < -0.4 is 5.32 Å². The minimum absolute atomic E-state index is 0.0826. The van der Waals surface area contributed by atoms with E-state index in [0.717, 1.165) is 29.8 Å². The van der Waals surface area contributed by atoms with E-state index in [2.05, 4.69) is 12.2 Å². The molecule has 0 atom stereocenters. The van der Waals surface area contributed by atoms with Gasteiger partial charge in [0.05, 0.1) is 5.75 Å². The Labute approximate surface area is 125 Å². The second kappa shape index (κ2) is 9.80. The van der Waals surface area contributed by atoms with E-state index in [4.69, 9.17) is 9.47 Å². The van der Waals surface area contributed by atoms with Gasteiger partial charge < -0.3 is 14.8 Å². The average Bonchev–Trinajstić information content (AvgIpc) is 2.48. The highest BCUT2D eigenvalue weighted by Crippen LogP contribution is 2.22. The average molecular weight is 297 g/mol. The molecule has 112 valence electrons. The zero-order valence-electron chi connectivity index (χ0n) is 12.3. The largest absolute Gasteiger partial charge is 0.355 e. The van der Waals surface area contributed by atoms with Gasteiger partial charge in [0.1, 0.15) is 0 Å². The predicted octanol–water partition coefficient (Wildman–Crippen LogP) is 2.99. The number of thioether (sulfide) groups is 1. The van der Waals surface area contributed by atoms with E-state index < -0.39 is 0 Å². The first-order chi connectivity index (χ1) is 9.71. The molecule has 5 heteroatoms. The molecule has 0 bridgehead atoms. The molecule has 1 rings (SSSR count). The smallest absolute Gasteiger partial charge is 0.230 e. The Bertz CT molecular complexity index is 391. The number of hydrogen-bond acceptors (Lipinski definition) is 4. The Morgan fingerprint density at radius 3 is 2.45 bits per heavy atom. The predicted molar refractivity (Wildman–Crippen MR) is 81.8 cm³/mol. The van der Waals surface area contributed by atoms with Crippen LogP contribution in [0.15, 0.2) is 29.2 Å². The quantitative estimate of drug-likeness (QED) is 0.432. The number of amides is 1. The molecule has 1 N–H and O–H groups in total. The number of unbranched alkanes of at least 4 members (excludes halogenated alkanes) is 1. The summed E-state index contributed by atoms with van der Waals surface area (Å²) < 4.78 is 10.4. The normalized spacial score (nSPS) is 10.8. The molecule has 0 saturated carbocycles. The monoisotopic (exact) mass is 297 g/mol. The van der Waals surface area contributed by atoms with Crippen molar-refractivity contribution in [1.82, 2.24) is 5.32 Å². The summed E-state index contributed by atoms with van der Waals surface area (Å²) >= 11 is 1.53. The van der Waals surface area contributed by atoms with Crippen LogP contribution in [0.4, 0.5) is 0 Å². The van der Waals surface area contributed by atoms with Crippen molar-refractivity contribution in [3.63, 3.8) is 0 Å². The van der Waals surface area contributed by atoms with Gasteiger partial charge in [0.25, 0.3) is 0 Å². The third-order valence-electron chi connectivity index (χ3n) is 2.80. The Morgan fingerprint density at radius 2 is 1.90 bits per heavy atom. The lowest BCUT2D eigenvalue weighted by atomic mass is 10.2. The first kappa shape index (κ1) is 17.0. The van der Waals surface area contributed by atoms with Crippen molar-refractivity contribution in [3.8, 4) is 0 Å². The molecule has 1 aromatic carbocycles. The molecule has 0 radical (unpaired) electrons. The molecule has 0 aliphatic heterocycles. The molecule has 20 heavy (non-hydrogen) atoms. The molecule has 1 amide bonds. The van der Waals surface area contributed by atoms with Crippen LogP contribution in [0, 0.1) is 0 Å². The van der Waals surface area contributed by atoms with Gasteiger partial charge in [0.15, 0.2) is 6.29 Å². The van der Waals surface area contributed by atoms with Crippen LogP contribution in [-0.2, 0) is 14.3 Å². The van der Waals surface area contributed by atoms with Crippen molar-refractivity contribution in [1.29, 1.82) is 0 Å². The molecule has 0 aliphatic carbocycles. The number of nitrogens with one attached hydrogen (secondary N) is 1. The van der Waals surface area contributed by atoms with Gasteiger partial charge in [-0.1, -0.05) is 25.5 Å². The summed E-state index contributed by atoms with van der Waals surface area (Å²) in [4.78, 5) is 12.6. The molecule has 0 unspecified atom stereocenters. The highest BCUT2D eigenvalue weighted by Gasteiger charge is 2.08. The zero-order valence-corrected chi connectivity index (χ0v) is 13.2. The summed E-state index contributed by atoms with van der Waals surface area (Å²) in [5.41, 5.74) is 0.965. The first-order valence-electron chi connectivity index (χ1n) is 6.76. The van der Waals surface area contributed by atoms with Gasteiger partial charge in [0, 0.05) is 31.2 Å². The zero-order chi connectivity index (χ0) is 14.8. The van der Waals surface area contributed by atoms with Gasteiger partial charge in [-0.15, -0.1) is 11.8 Å². The minimum atomic E-state index is -0.341. The van der Waals surface area contributed by atoms with Crippen LogP contribution in [0.1, 0.15) is 31.6 Å². The molecule has 0 saturated heterocycles. The Balaban J connectivity index is 2.39. The van der Waals surface area contributed by atoms with E-state index in [-0.39, 0.29) is 12.2 Å². The molecule has 0 aromatic heterocycles. The SMILES string of the molecule is CCCCNC(=O)CSc1ccc(C(OC)OC)cc1. The van der Waals surface area contributed by atoms with E-state index in [0.29, 0.717) is 5.75 Å². The van der Waals surface area contributed by atoms with Crippen LogP contribution in [0.25, 0.3) is 0 Å². The number of carbonyl (C=O) groups is 1. The van der Waals surface area contributed by atoms with Crippen LogP contribution in [0.2, 0.25) is 0 Å². The summed E-state index contributed by atoms with van der Waals surface area (Å²) in [5, 5.41) is 2.90. The molecular weight excluding hydrogens is 274 g/mol. The molecule has 0 spiro atoms. The van der Waals surface area contributed by atoms with Crippen molar-refractivity contribution < 1.29 is 14.3 Å². The van der Waals surface area contributed by atoms with Gasteiger partial charge in [-0.05, 0) is 18.6 Å². The number of hydrogen-bond donors (Lipinski definition) is 1. The second-order valence-electron chi connectivity index (χ2n) is 4.36. The van der Waals surface area contributed by atoms with E-state index in [1.165, 1.54) is 11.8 Å². The van der Waals surface area contributed by atoms with Crippen molar-refractivity contribution >= 4 is 17.7 Å². The summed E-state index contributed by atoms with van der Waals surface area (Å²) in [5.74, 6) is 0.528. The third kappa shape index (κ3) is 5.94. The fourth-order valence-corrected chi connectivity index (χ4v) is 2.42. The van der Waals surface area contributed by atoms with Gasteiger partial charge in [-0.2, -0.15) is 0 Å². The summed E-state index contributed by atoms with van der Waals surface area (Å²) in [6.45, 7) is 2.87. The van der Waals surface area contributed by atoms with E-state index >= 15 is 0 Å². The molecule has 0 fully saturated rings. The number of rotatable bonds is 9. The maximum atomic E-state index is 11.6. The Kier molecular flexibility index (Phi) is 8.34. The van der Waals surface area contributed by atoms with Gasteiger partial charge in [0.2, 0.25) is 5.91 Å². The molecular formula is C15H23NO3S. The van der Waals surface area contributed by atoms with E-state index in [1.807, 2.05) is 24.3 Å². The number of ether oxygens (including phenoxy) is 2. The van der Waals surface area contributed by atoms with Gasteiger partial charge >= 0.3 is 0 Å². The van der Waals surface area contributed by atoms with Crippen molar-refractivity contribution in [3.05, 3.63) is 29.8 Å². The minimum Gasteiger partial charge on any atom is -0.355 e. The topological polar surface area (TPSA) is 47.6 Å². The maximum Gasteiger partial charge on any atom is 0.230 e. The summed E-state index contributed by atoms with van der Waals surface area (Å²) in [6.07, 6.45) is 1.78. The lowest BCUT2D eigenvalue weighted by molar-refractivity contribution is -0.118. The molecule has 0 heterocycles. The Morgan fingerprint density at radius 1 is 1.25 bits per heavy atom. The van der Waals surface area contributed by atoms with Crippen LogP contribution in [0.3, 0.4) is 0 Å². The van der Waals surface area contributed by atoms with Crippen molar-refractivity contribution in [2.75, 3.05) is 26.5 Å². The van der Waals surface area contributed by atoms with Crippen LogP contribution >= 0.6 is 11.8 Å². The van der Waals surface area contributed by atoms with Gasteiger partial charge in [-0.25, -0.2) is 0 Å². The summed E-state index contributed by atoms with van der Waals surface area (Å²) in [7, 11) is 3.22. The van der Waals surface area contributed by atoms with Crippen molar-refractivity contribution in [2.24, 2.45) is 0 Å². The molecule has 0 aliphatic rings. The fourth-order valence-electron chi connectivity index (χ4n) is 1.69. The van der Waals surface area contributed by atoms with Crippen molar-refractivity contribution in [2.45, 2.75) is 31.0 Å². The van der Waals surface area contributed by atoms with Crippen LogP contribution in [0.5, 0.6) is 0 Å². The van der Waals surface area contributed by atoms with E-state index in [9.17, 15) is 4.79 Å². The lowest BCUT2D eigenvalue weighted by Crippen LogP contribution is -2.25. The van der Waals surface area contributed by atoms with E-state index in [1.54, 1.807) is 14.2 Å². The lowest BCUT2D eigenvalue weighted by Gasteiger charge is -2.13. The number of benzene rings is 1. The summed E-state index contributed by atoms with van der Waals surface area (Å²) in [6, 6.07) is 7.86. The third-order valence-corrected chi connectivity index (χ3v) is 3.81. The fraction of sp³-hybridized carbons (Fsp3) is 0.533. The molecule has 4 nitrogen and oxygen atoms in total. The maximum absolute atomic E-state index is 11.6. The first-order valence-corrected chi connectivity index (χ1v) is 7.74. The molecule has 1 aromatic rings. The second-order valence-corrected chi connectivity index (χ2v) is 5.41. The highest BCUT2D eigenvalue weighted by atomic mass is 32.2. The van der Waals surface area contributed by atoms with Gasteiger partial charge in [-0.3, -0.25) is 4.79 Å². The standard InChI is InChI=1S/C15H23NO3S/c1-4-5-10-16-14(17)11-20-13-8-6-12(7-9-13)15(18-2)19-3/h6-9,15H,4-5,10-11H2,1-3H3,(H,16,17). The highest BCUT2D eigenvalue weighted by molar-refractivity contribution is 8.00. The number of methoxy groups -OCH3 is 2. The number of carbonyl (C=O) groups excluding carboxylic acids is 1. The van der Waals surface area contributed by atoms with Crippen LogP contribution in [-0.4, -0.2) is 32.4 Å². The Hall–Kier alpha value is -1.04.